The van der Waals surface area contributed by atoms with Crippen LogP contribution in [0.2, 0.25) is 0 Å². The maximum Gasteiger partial charge on any atom is 0.264 e. The van der Waals surface area contributed by atoms with Gasteiger partial charge in [-0.3, -0.25) is 4.79 Å². The molecule has 1 amide bonds. The molecule has 0 bridgehead atoms. The summed E-state index contributed by atoms with van der Waals surface area (Å²) >= 11 is 0. The predicted molar refractivity (Wildman–Crippen MR) is 75.6 cm³/mol. The third-order valence-corrected chi connectivity index (χ3v) is 4.30. The number of rotatable bonds is 3. The van der Waals surface area contributed by atoms with Gasteiger partial charge in [0.05, 0.1) is 0 Å². The number of hydrogen-bond donors (Lipinski definition) is 1. The standard InChI is InChI=1S/C16H21NO3/c18-10-8-13-6-3-4-9-17(13)16(19)15-11-12-5-1-2-7-14(12)20-15/h1-2,5,7,13,15,18H,3-4,6,8-11H2. The Labute approximate surface area is 119 Å². The van der Waals surface area contributed by atoms with Crippen molar-refractivity contribution in [3.63, 3.8) is 0 Å². The van der Waals surface area contributed by atoms with E-state index in [2.05, 4.69) is 0 Å². The molecule has 1 fully saturated rings. The Hall–Kier alpha value is -1.55. The van der Waals surface area contributed by atoms with E-state index in [4.69, 9.17) is 9.84 Å². The highest BCUT2D eigenvalue weighted by molar-refractivity contribution is 5.83. The molecule has 2 unspecified atom stereocenters. The van der Waals surface area contributed by atoms with Crippen molar-refractivity contribution in [2.24, 2.45) is 0 Å². The first-order valence-corrected chi connectivity index (χ1v) is 7.45. The number of hydrogen-bond acceptors (Lipinski definition) is 3. The molecule has 108 valence electrons. The third-order valence-electron chi connectivity index (χ3n) is 4.30. The molecule has 0 aromatic heterocycles. The SMILES string of the molecule is O=C(C1Cc2ccccc2O1)N1CCCCC1CCO. The number of benzene rings is 1. The van der Waals surface area contributed by atoms with Crippen molar-refractivity contribution < 1.29 is 14.6 Å². The summed E-state index contributed by atoms with van der Waals surface area (Å²) in [6.45, 7) is 0.930. The van der Waals surface area contributed by atoms with Crippen LogP contribution in [-0.4, -0.2) is 41.2 Å². The Morgan fingerprint density at radius 2 is 2.20 bits per heavy atom. The summed E-state index contributed by atoms with van der Waals surface area (Å²) < 4.78 is 5.79. The van der Waals surface area contributed by atoms with Crippen LogP contribution in [0.3, 0.4) is 0 Å². The van der Waals surface area contributed by atoms with Crippen LogP contribution in [0, 0.1) is 0 Å². The first-order valence-electron chi connectivity index (χ1n) is 7.45. The normalized spacial score (nSPS) is 25.1. The number of likely N-dealkylation sites (tertiary alicyclic amines) is 1. The van der Waals surface area contributed by atoms with E-state index in [1.807, 2.05) is 29.2 Å². The number of aliphatic hydroxyl groups excluding tert-OH is 1. The van der Waals surface area contributed by atoms with Gasteiger partial charge in [0.15, 0.2) is 6.10 Å². The van der Waals surface area contributed by atoms with Crippen LogP contribution >= 0.6 is 0 Å². The number of carbonyl (C=O) groups excluding carboxylic acids is 1. The number of carbonyl (C=O) groups is 1. The fourth-order valence-corrected chi connectivity index (χ4v) is 3.24. The van der Waals surface area contributed by atoms with Crippen LogP contribution in [0.25, 0.3) is 0 Å². The molecule has 2 aliphatic rings. The lowest BCUT2D eigenvalue weighted by Gasteiger charge is -2.36. The molecular weight excluding hydrogens is 254 g/mol. The molecule has 20 heavy (non-hydrogen) atoms. The minimum atomic E-state index is -0.383. The van der Waals surface area contributed by atoms with Crippen molar-refractivity contribution in [1.82, 2.24) is 4.90 Å². The molecule has 4 heteroatoms. The third kappa shape index (κ3) is 2.52. The lowest BCUT2D eigenvalue weighted by molar-refractivity contribution is -0.142. The first-order chi connectivity index (χ1) is 9.79. The monoisotopic (exact) mass is 275 g/mol. The van der Waals surface area contributed by atoms with Crippen LogP contribution in [0.1, 0.15) is 31.2 Å². The van der Waals surface area contributed by atoms with E-state index in [1.54, 1.807) is 0 Å². The molecule has 2 aliphatic heterocycles. The molecule has 4 nitrogen and oxygen atoms in total. The minimum Gasteiger partial charge on any atom is -0.480 e. The Morgan fingerprint density at radius 3 is 3.00 bits per heavy atom. The summed E-state index contributed by atoms with van der Waals surface area (Å²) in [6.07, 6.45) is 4.13. The lowest BCUT2D eigenvalue weighted by atomic mass is 9.98. The molecule has 1 aromatic rings. The van der Waals surface area contributed by atoms with Gasteiger partial charge in [0.2, 0.25) is 0 Å². The van der Waals surface area contributed by atoms with E-state index in [0.29, 0.717) is 12.8 Å². The van der Waals surface area contributed by atoms with E-state index < -0.39 is 0 Å². The molecule has 1 saturated heterocycles. The Morgan fingerprint density at radius 1 is 1.35 bits per heavy atom. The number of aliphatic hydroxyl groups is 1. The number of nitrogens with zero attached hydrogens (tertiary/aromatic N) is 1. The maximum atomic E-state index is 12.7. The zero-order valence-corrected chi connectivity index (χ0v) is 11.6. The minimum absolute atomic E-state index is 0.0827. The number of ether oxygens (including phenoxy) is 1. The van der Waals surface area contributed by atoms with Crippen molar-refractivity contribution in [3.8, 4) is 5.75 Å². The molecule has 2 heterocycles. The summed E-state index contributed by atoms with van der Waals surface area (Å²) in [4.78, 5) is 14.6. The summed E-state index contributed by atoms with van der Waals surface area (Å²) in [6, 6.07) is 8.02. The van der Waals surface area contributed by atoms with Gasteiger partial charge < -0.3 is 14.7 Å². The number of fused-ring (bicyclic) bond motifs is 1. The second kappa shape index (κ2) is 5.83. The quantitative estimate of drug-likeness (QED) is 0.914. The van der Waals surface area contributed by atoms with Crippen molar-refractivity contribution in [2.75, 3.05) is 13.2 Å². The molecule has 0 radical (unpaired) electrons. The maximum absolute atomic E-state index is 12.7. The van der Waals surface area contributed by atoms with Gasteiger partial charge in [-0.1, -0.05) is 18.2 Å². The van der Waals surface area contributed by atoms with E-state index in [1.165, 1.54) is 0 Å². The van der Waals surface area contributed by atoms with Gasteiger partial charge in [-0.2, -0.15) is 0 Å². The predicted octanol–water partition coefficient (Wildman–Crippen LogP) is 1.75. The molecule has 0 aliphatic carbocycles. The van der Waals surface area contributed by atoms with Gasteiger partial charge in [-0.25, -0.2) is 0 Å². The Bertz CT molecular complexity index is 461. The second-order valence-corrected chi connectivity index (χ2v) is 5.61. The first kappa shape index (κ1) is 13.4. The Kier molecular flexibility index (Phi) is 3.92. The van der Waals surface area contributed by atoms with Gasteiger partial charge in [0.25, 0.3) is 5.91 Å². The number of piperidine rings is 1. The molecule has 2 atom stereocenters. The van der Waals surface area contributed by atoms with Crippen molar-refractivity contribution in [1.29, 1.82) is 0 Å². The summed E-state index contributed by atoms with van der Waals surface area (Å²) in [7, 11) is 0. The van der Waals surface area contributed by atoms with Gasteiger partial charge in [-0.05, 0) is 37.3 Å². The smallest absolute Gasteiger partial charge is 0.264 e. The van der Waals surface area contributed by atoms with Gasteiger partial charge in [0, 0.05) is 25.6 Å². The van der Waals surface area contributed by atoms with Crippen LogP contribution in [0.5, 0.6) is 5.75 Å². The summed E-state index contributed by atoms with van der Waals surface area (Å²) in [5.41, 5.74) is 1.11. The zero-order chi connectivity index (χ0) is 13.9. The topological polar surface area (TPSA) is 49.8 Å². The molecule has 1 aromatic carbocycles. The summed E-state index contributed by atoms with van der Waals surface area (Å²) in [5, 5.41) is 9.16. The largest absolute Gasteiger partial charge is 0.480 e. The highest BCUT2D eigenvalue weighted by Crippen LogP contribution is 2.30. The van der Waals surface area contributed by atoms with Gasteiger partial charge >= 0.3 is 0 Å². The van der Waals surface area contributed by atoms with Crippen molar-refractivity contribution >= 4 is 5.91 Å². The zero-order valence-electron chi connectivity index (χ0n) is 11.6. The highest BCUT2D eigenvalue weighted by atomic mass is 16.5. The van der Waals surface area contributed by atoms with Crippen LogP contribution in [0.4, 0.5) is 0 Å². The van der Waals surface area contributed by atoms with Crippen molar-refractivity contribution in [3.05, 3.63) is 29.8 Å². The van der Waals surface area contributed by atoms with Crippen LogP contribution in [0.15, 0.2) is 24.3 Å². The molecule has 3 rings (SSSR count). The number of para-hydroxylation sites is 1. The molecule has 1 N–H and O–H groups in total. The average molecular weight is 275 g/mol. The van der Waals surface area contributed by atoms with E-state index in [0.717, 1.165) is 37.1 Å². The number of amides is 1. The van der Waals surface area contributed by atoms with Gasteiger partial charge in [-0.15, -0.1) is 0 Å². The van der Waals surface area contributed by atoms with E-state index >= 15 is 0 Å². The molecule has 0 spiro atoms. The second-order valence-electron chi connectivity index (χ2n) is 5.61. The van der Waals surface area contributed by atoms with Crippen molar-refractivity contribution in [2.45, 2.75) is 44.2 Å². The van der Waals surface area contributed by atoms with E-state index in [9.17, 15) is 4.79 Å². The molecule has 0 saturated carbocycles. The van der Waals surface area contributed by atoms with E-state index in [-0.39, 0.29) is 24.7 Å². The average Bonchev–Trinajstić information content (AvgIpc) is 2.91. The molecular formula is C16H21NO3. The van der Waals surface area contributed by atoms with Crippen LogP contribution < -0.4 is 4.74 Å². The fraction of sp³-hybridized carbons (Fsp3) is 0.562. The van der Waals surface area contributed by atoms with Crippen LogP contribution in [-0.2, 0) is 11.2 Å². The van der Waals surface area contributed by atoms with Gasteiger partial charge in [0.1, 0.15) is 5.75 Å². The highest BCUT2D eigenvalue weighted by Gasteiger charge is 2.35. The Balaban J connectivity index is 1.70. The lowest BCUT2D eigenvalue weighted by Crippen LogP contribution is -2.49. The fourth-order valence-electron chi connectivity index (χ4n) is 3.24. The summed E-state index contributed by atoms with van der Waals surface area (Å²) in [5.74, 6) is 0.918.